The van der Waals surface area contributed by atoms with Gasteiger partial charge in [0, 0.05) is 23.5 Å². The zero-order valence-corrected chi connectivity index (χ0v) is 15.1. The van der Waals surface area contributed by atoms with Crippen molar-refractivity contribution < 1.29 is 0 Å². The highest BCUT2D eigenvalue weighted by molar-refractivity contribution is 5.63. The second-order valence-electron chi connectivity index (χ2n) is 7.79. The molecule has 0 aliphatic heterocycles. The van der Waals surface area contributed by atoms with Crippen molar-refractivity contribution in [3.05, 3.63) is 59.7 Å². The monoisotopic (exact) mass is 334 g/mol. The summed E-state index contributed by atoms with van der Waals surface area (Å²) in [5, 5.41) is 7.61. The van der Waals surface area contributed by atoms with E-state index in [1.807, 2.05) is 0 Å². The third-order valence-electron chi connectivity index (χ3n) is 5.79. The first-order chi connectivity index (χ1) is 12.4. The van der Waals surface area contributed by atoms with Crippen LogP contribution in [0.1, 0.15) is 62.5 Å². The highest BCUT2D eigenvalue weighted by Crippen LogP contribution is 2.30. The van der Waals surface area contributed by atoms with E-state index in [0.29, 0.717) is 12.1 Å². The first-order valence-corrected chi connectivity index (χ1v) is 10.1. The maximum absolute atomic E-state index is 3.86. The quantitative estimate of drug-likeness (QED) is 0.678. The Labute approximate surface area is 152 Å². The first-order valence-electron chi connectivity index (χ1n) is 10.1. The Morgan fingerprint density at radius 1 is 0.720 bits per heavy atom. The molecule has 0 radical (unpaired) electrons. The molecule has 0 aromatic heterocycles. The lowest BCUT2D eigenvalue weighted by Gasteiger charge is -2.20. The lowest BCUT2D eigenvalue weighted by molar-refractivity contribution is 0.750. The van der Waals surface area contributed by atoms with E-state index in [0.717, 1.165) is 6.42 Å². The second-order valence-corrected chi connectivity index (χ2v) is 7.79. The molecule has 25 heavy (non-hydrogen) atoms. The van der Waals surface area contributed by atoms with Crippen LogP contribution in [-0.2, 0) is 6.42 Å². The smallest absolute Gasteiger partial charge is 0.0399 e. The SMILES string of the molecule is c1ccc(Cc2ccc(NC3CCCC3)cc2NC2CCCC2)cc1. The summed E-state index contributed by atoms with van der Waals surface area (Å²) in [5.74, 6) is 0. The minimum atomic E-state index is 0.649. The summed E-state index contributed by atoms with van der Waals surface area (Å²) >= 11 is 0. The van der Waals surface area contributed by atoms with Crippen LogP contribution >= 0.6 is 0 Å². The van der Waals surface area contributed by atoms with Gasteiger partial charge in [0.15, 0.2) is 0 Å². The maximum Gasteiger partial charge on any atom is 0.0399 e. The molecule has 2 saturated carbocycles. The van der Waals surface area contributed by atoms with Gasteiger partial charge < -0.3 is 10.6 Å². The molecule has 0 atom stereocenters. The van der Waals surface area contributed by atoms with Crippen molar-refractivity contribution in [1.82, 2.24) is 0 Å². The van der Waals surface area contributed by atoms with Gasteiger partial charge in [-0.3, -0.25) is 0 Å². The van der Waals surface area contributed by atoms with E-state index >= 15 is 0 Å². The summed E-state index contributed by atoms with van der Waals surface area (Å²) < 4.78 is 0. The van der Waals surface area contributed by atoms with E-state index in [1.165, 1.54) is 73.9 Å². The zero-order valence-electron chi connectivity index (χ0n) is 15.1. The normalized spacial score (nSPS) is 18.6. The van der Waals surface area contributed by atoms with Gasteiger partial charge in [-0.1, -0.05) is 62.1 Å². The summed E-state index contributed by atoms with van der Waals surface area (Å²) in [6.45, 7) is 0. The van der Waals surface area contributed by atoms with E-state index in [4.69, 9.17) is 0 Å². The average molecular weight is 335 g/mol. The molecule has 132 valence electrons. The molecule has 0 spiro atoms. The van der Waals surface area contributed by atoms with Gasteiger partial charge in [-0.15, -0.1) is 0 Å². The molecule has 2 heteroatoms. The Balaban J connectivity index is 1.54. The summed E-state index contributed by atoms with van der Waals surface area (Å²) in [4.78, 5) is 0. The fraction of sp³-hybridized carbons (Fsp3) is 0.478. The summed E-state index contributed by atoms with van der Waals surface area (Å²) in [6.07, 6.45) is 11.7. The molecule has 0 bridgehead atoms. The van der Waals surface area contributed by atoms with Gasteiger partial charge in [0.25, 0.3) is 0 Å². The van der Waals surface area contributed by atoms with Crippen molar-refractivity contribution in [1.29, 1.82) is 0 Å². The Morgan fingerprint density at radius 3 is 2.04 bits per heavy atom. The third kappa shape index (κ3) is 4.36. The summed E-state index contributed by atoms with van der Waals surface area (Å²) in [5.41, 5.74) is 5.41. The predicted molar refractivity (Wildman–Crippen MR) is 107 cm³/mol. The van der Waals surface area contributed by atoms with Crippen molar-refractivity contribution in [3.63, 3.8) is 0 Å². The van der Waals surface area contributed by atoms with Gasteiger partial charge in [0.2, 0.25) is 0 Å². The summed E-state index contributed by atoms with van der Waals surface area (Å²) in [7, 11) is 0. The van der Waals surface area contributed by atoms with E-state index < -0.39 is 0 Å². The number of benzene rings is 2. The van der Waals surface area contributed by atoms with Gasteiger partial charge in [-0.25, -0.2) is 0 Å². The molecule has 2 aromatic rings. The van der Waals surface area contributed by atoms with E-state index in [1.54, 1.807) is 0 Å². The lowest BCUT2D eigenvalue weighted by Crippen LogP contribution is -2.18. The van der Waals surface area contributed by atoms with Crippen molar-refractivity contribution in [2.75, 3.05) is 10.6 Å². The van der Waals surface area contributed by atoms with Crippen LogP contribution in [0.3, 0.4) is 0 Å². The van der Waals surface area contributed by atoms with Crippen LogP contribution in [0.2, 0.25) is 0 Å². The molecule has 0 unspecified atom stereocenters. The number of hydrogen-bond donors (Lipinski definition) is 2. The molecule has 2 N–H and O–H groups in total. The standard InChI is InChI=1S/C23H30N2/c1-2-8-18(9-3-1)16-19-14-15-22(24-20-10-4-5-11-20)17-23(19)25-21-12-6-7-13-21/h1-3,8-9,14-15,17,20-21,24-25H,4-7,10-13,16H2. The van der Waals surface area contributed by atoms with E-state index in [2.05, 4.69) is 59.2 Å². The van der Waals surface area contributed by atoms with Gasteiger partial charge >= 0.3 is 0 Å². The number of nitrogens with one attached hydrogen (secondary N) is 2. The van der Waals surface area contributed by atoms with Gasteiger partial charge in [-0.05, 0) is 55.4 Å². The van der Waals surface area contributed by atoms with Crippen LogP contribution in [0.4, 0.5) is 11.4 Å². The highest BCUT2D eigenvalue weighted by atomic mass is 14.9. The van der Waals surface area contributed by atoms with Crippen molar-refractivity contribution in [2.24, 2.45) is 0 Å². The number of hydrogen-bond acceptors (Lipinski definition) is 2. The van der Waals surface area contributed by atoms with Crippen molar-refractivity contribution in [2.45, 2.75) is 69.9 Å². The molecular weight excluding hydrogens is 304 g/mol. The van der Waals surface area contributed by atoms with Crippen molar-refractivity contribution in [3.8, 4) is 0 Å². The second kappa shape index (κ2) is 7.95. The molecule has 0 heterocycles. The molecule has 2 aliphatic carbocycles. The molecule has 0 amide bonds. The van der Waals surface area contributed by atoms with Crippen molar-refractivity contribution >= 4 is 11.4 Å². The van der Waals surface area contributed by atoms with Crippen LogP contribution in [0.5, 0.6) is 0 Å². The minimum absolute atomic E-state index is 0.649. The van der Waals surface area contributed by atoms with Crippen LogP contribution in [0, 0.1) is 0 Å². The van der Waals surface area contributed by atoms with Crippen LogP contribution in [0.25, 0.3) is 0 Å². The van der Waals surface area contributed by atoms with Gasteiger partial charge in [-0.2, -0.15) is 0 Å². The molecule has 2 aliphatic rings. The van der Waals surface area contributed by atoms with Crippen LogP contribution in [0.15, 0.2) is 48.5 Å². The molecule has 4 rings (SSSR count). The summed E-state index contributed by atoms with van der Waals surface area (Å²) in [6, 6.07) is 19.1. The largest absolute Gasteiger partial charge is 0.382 e. The molecule has 2 nitrogen and oxygen atoms in total. The highest BCUT2D eigenvalue weighted by Gasteiger charge is 2.18. The Hall–Kier alpha value is -1.96. The third-order valence-corrected chi connectivity index (χ3v) is 5.79. The first kappa shape index (κ1) is 16.5. The fourth-order valence-electron chi connectivity index (χ4n) is 4.37. The Kier molecular flexibility index (Phi) is 5.25. The topological polar surface area (TPSA) is 24.1 Å². The van der Waals surface area contributed by atoms with Gasteiger partial charge in [0.1, 0.15) is 0 Å². The van der Waals surface area contributed by atoms with Crippen LogP contribution in [-0.4, -0.2) is 12.1 Å². The molecular formula is C23H30N2. The zero-order chi connectivity index (χ0) is 16.9. The van der Waals surface area contributed by atoms with Gasteiger partial charge in [0.05, 0.1) is 0 Å². The average Bonchev–Trinajstić information content (AvgIpc) is 3.32. The number of rotatable bonds is 6. The molecule has 2 fully saturated rings. The predicted octanol–water partition coefficient (Wildman–Crippen LogP) is 5.99. The molecule has 2 aromatic carbocycles. The van der Waals surface area contributed by atoms with Crippen LogP contribution < -0.4 is 10.6 Å². The maximum atomic E-state index is 3.86. The minimum Gasteiger partial charge on any atom is -0.382 e. The Morgan fingerprint density at radius 2 is 1.36 bits per heavy atom. The van der Waals surface area contributed by atoms with E-state index in [-0.39, 0.29) is 0 Å². The molecule has 0 saturated heterocycles. The number of anilines is 2. The fourth-order valence-corrected chi connectivity index (χ4v) is 4.37. The lowest BCUT2D eigenvalue weighted by atomic mass is 10.0. The van der Waals surface area contributed by atoms with E-state index in [9.17, 15) is 0 Å². The Bertz CT molecular complexity index is 668.